The fourth-order valence-corrected chi connectivity index (χ4v) is 9.20. The highest BCUT2D eigenvalue weighted by Crippen LogP contribution is 2.49. The maximum Gasteiger partial charge on any atom is 0.0619 e. The van der Waals surface area contributed by atoms with Gasteiger partial charge in [0.05, 0.1) is 27.8 Å². The molecule has 0 saturated heterocycles. The van der Waals surface area contributed by atoms with Crippen molar-refractivity contribution in [1.82, 2.24) is 9.13 Å². The zero-order chi connectivity index (χ0) is 33.9. The third kappa shape index (κ3) is 3.68. The van der Waals surface area contributed by atoms with Crippen LogP contribution in [0.25, 0.3) is 110 Å². The molecule has 9 aromatic carbocycles. The number of para-hydroxylation sites is 2. The number of hydrogen-bond acceptors (Lipinski definition) is 0. The van der Waals surface area contributed by atoms with E-state index < -0.39 is 0 Å². The SMILES string of the molecule is c1ccc(-n2c3cc(-c4ccc5c6ccccc6n(-c6ccc7c8c(cccc68)-c6ccccc6-7)c5c4)ccc3c3ccc4ccccc4c32)cc1. The number of aromatic nitrogens is 2. The predicted octanol–water partition coefficient (Wildman–Crippen LogP) is 13.5. The van der Waals surface area contributed by atoms with E-state index in [1.54, 1.807) is 0 Å². The topological polar surface area (TPSA) is 9.86 Å². The summed E-state index contributed by atoms with van der Waals surface area (Å²) < 4.78 is 4.95. The van der Waals surface area contributed by atoms with Crippen molar-refractivity contribution in [2.24, 2.45) is 0 Å². The third-order valence-corrected chi connectivity index (χ3v) is 11.4. The summed E-state index contributed by atoms with van der Waals surface area (Å²) in [7, 11) is 0. The van der Waals surface area contributed by atoms with E-state index in [1.807, 2.05) is 0 Å². The standard InChI is InChI=1S/C50H30N2/c1-2-12-34(13-3-1)51-47-29-32(23-25-40(47)43-26-21-31-11-4-5-14-35(31)50(43)51)33-22-24-39-38-17-8-9-20-45(38)52(48(39)30-33)46-28-27-42-37-16-7-6-15-36(37)41-18-10-19-44(46)49(41)42/h1-30H. The Morgan fingerprint density at radius 2 is 0.885 bits per heavy atom. The van der Waals surface area contributed by atoms with Gasteiger partial charge in [0.1, 0.15) is 0 Å². The van der Waals surface area contributed by atoms with Gasteiger partial charge in [-0.2, -0.15) is 0 Å². The van der Waals surface area contributed by atoms with Gasteiger partial charge in [0, 0.05) is 38.0 Å². The lowest BCUT2D eigenvalue weighted by Gasteiger charge is -2.14. The van der Waals surface area contributed by atoms with Gasteiger partial charge in [-0.1, -0.05) is 146 Å². The Kier molecular flexibility index (Phi) is 5.53. The van der Waals surface area contributed by atoms with E-state index in [0.29, 0.717) is 0 Å². The van der Waals surface area contributed by atoms with Crippen LogP contribution in [0, 0.1) is 0 Å². The Morgan fingerprint density at radius 1 is 0.308 bits per heavy atom. The molecule has 2 heteroatoms. The van der Waals surface area contributed by atoms with E-state index in [9.17, 15) is 0 Å². The minimum atomic E-state index is 1.17. The molecule has 0 radical (unpaired) electrons. The average Bonchev–Trinajstić information content (AvgIpc) is 3.85. The summed E-state index contributed by atoms with van der Waals surface area (Å²) in [6, 6.07) is 67.2. The Bertz CT molecular complexity index is 3260. The van der Waals surface area contributed by atoms with Crippen LogP contribution in [0.15, 0.2) is 182 Å². The fraction of sp³-hybridized carbons (Fsp3) is 0. The monoisotopic (exact) mass is 658 g/mol. The molecule has 0 unspecified atom stereocenters. The van der Waals surface area contributed by atoms with Crippen LogP contribution < -0.4 is 0 Å². The van der Waals surface area contributed by atoms with Crippen LogP contribution in [0.1, 0.15) is 0 Å². The third-order valence-electron chi connectivity index (χ3n) is 11.4. The summed E-state index contributed by atoms with van der Waals surface area (Å²) in [6.07, 6.45) is 0. The second-order valence-corrected chi connectivity index (χ2v) is 14.1. The molecule has 2 nitrogen and oxygen atoms in total. The van der Waals surface area contributed by atoms with Crippen molar-refractivity contribution >= 4 is 65.2 Å². The van der Waals surface area contributed by atoms with E-state index in [4.69, 9.17) is 0 Å². The first-order chi connectivity index (χ1) is 25.8. The lowest BCUT2D eigenvalue weighted by molar-refractivity contribution is 1.19. The maximum atomic E-state index is 2.49. The van der Waals surface area contributed by atoms with E-state index in [2.05, 4.69) is 191 Å². The molecule has 1 aliphatic rings. The van der Waals surface area contributed by atoms with Crippen molar-refractivity contribution < 1.29 is 0 Å². The molecule has 0 bridgehead atoms. The van der Waals surface area contributed by atoms with Gasteiger partial charge >= 0.3 is 0 Å². The molecule has 11 aromatic rings. The molecule has 0 spiro atoms. The van der Waals surface area contributed by atoms with Crippen molar-refractivity contribution in [3.05, 3.63) is 182 Å². The van der Waals surface area contributed by atoms with Gasteiger partial charge < -0.3 is 9.13 Å². The van der Waals surface area contributed by atoms with Gasteiger partial charge in [0.2, 0.25) is 0 Å². The molecule has 0 saturated carbocycles. The van der Waals surface area contributed by atoms with Crippen LogP contribution in [0.2, 0.25) is 0 Å². The normalized spacial score (nSPS) is 12.2. The second-order valence-electron chi connectivity index (χ2n) is 14.1. The molecule has 2 heterocycles. The molecule has 2 aromatic heterocycles. The average molecular weight is 659 g/mol. The minimum absolute atomic E-state index is 1.17. The number of hydrogen-bond donors (Lipinski definition) is 0. The van der Waals surface area contributed by atoms with Gasteiger partial charge in [-0.05, 0) is 80.6 Å². The van der Waals surface area contributed by atoms with Crippen molar-refractivity contribution in [3.8, 4) is 44.8 Å². The molecule has 0 amide bonds. The first-order valence-corrected chi connectivity index (χ1v) is 18.0. The van der Waals surface area contributed by atoms with E-state index in [0.717, 1.165) is 0 Å². The second kappa shape index (κ2) is 10.3. The minimum Gasteiger partial charge on any atom is -0.309 e. The number of benzene rings is 9. The Hall–Kier alpha value is -6.90. The van der Waals surface area contributed by atoms with Crippen LogP contribution in [-0.4, -0.2) is 9.13 Å². The largest absolute Gasteiger partial charge is 0.309 e. The van der Waals surface area contributed by atoms with Crippen LogP contribution in [0.4, 0.5) is 0 Å². The lowest BCUT2D eigenvalue weighted by atomic mass is 10.0. The van der Waals surface area contributed by atoms with Crippen LogP contribution in [-0.2, 0) is 0 Å². The molecular weight excluding hydrogens is 629 g/mol. The summed E-state index contributed by atoms with van der Waals surface area (Å²) in [5.41, 5.74) is 15.0. The zero-order valence-corrected chi connectivity index (χ0v) is 28.2. The smallest absolute Gasteiger partial charge is 0.0619 e. The number of rotatable bonds is 3. The summed E-state index contributed by atoms with van der Waals surface area (Å²) in [5.74, 6) is 0. The summed E-state index contributed by atoms with van der Waals surface area (Å²) in [6.45, 7) is 0. The van der Waals surface area contributed by atoms with Crippen molar-refractivity contribution in [3.63, 3.8) is 0 Å². The van der Waals surface area contributed by atoms with Crippen molar-refractivity contribution in [2.75, 3.05) is 0 Å². The van der Waals surface area contributed by atoms with Crippen molar-refractivity contribution in [1.29, 1.82) is 0 Å². The molecule has 240 valence electrons. The lowest BCUT2D eigenvalue weighted by Crippen LogP contribution is -1.96. The van der Waals surface area contributed by atoms with Gasteiger partial charge in [-0.15, -0.1) is 0 Å². The van der Waals surface area contributed by atoms with E-state index in [1.165, 1.54) is 110 Å². The summed E-state index contributed by atoms with van der Waals surface area (Å²) in [4.78, 5) is 0. The highest BCUT2D eigenvalue weighted by Gasteiger charge is 2.24. The molecule has 0 aliphatic heterocycles. The summed E-state index contributed by atoms with van der Waals surface area (Å²) >= 11 is 0. The molecule has 0 fully saturated rings. The molecule has 0 N–H and O–H groups in total. The molecule has 52 heavy (non-hydrogen) atoms. The first kappa shape index (κ1) is 27.9. The summed E-state index contributed by atoms with van der Waals surface area (Å²) in [5, 5.41) is 10.2. The van der Waals surface area contributed by atoms with Crippen LogP contribution >= 0.6 is 0 Å². The highest BCUT2D eigenvalue weighted by molar-refractivity contribution is 6.20. The van der Waals surface area contributed by atoms with Crippen molar-refractivity contribution in [2.45, 2.75) is 0 Å². The molecule has 12 rings (SSSR count). The van der Waals surface area contributed by atoms with Crippen LogP contribution in [0.3, 0.4) is 0 Å². The van der Waals surface area contributed by atoms with Gasteiger partial charge in [0.15, 0.2) is 0 Å². The van der Waals surface area contributed by atoms with Gasteiger partial charge in [-0.25, -0.2) is 0 Å². The van der Waals surface area contributed by atoms with Gasteiger partial charge in [-0.3, -0.25) is 0 Å². The van der Waals surface area contributed by atoms with Gasteiger partial charge in [0.25, 0.3) is 0 Å². The Labute approximate surface area is 300 Å². The molecule has 1 aliphatic carbocycles. The first-order valence-electron chi connectivity index (χ1n) is 18.0. The number of nitrogens with zero attached hydrogens (tertiary/aromatic N) is 2. The zero-order valence-electron chi connectivity index (χ0n) is 28.2. The van der Waals surface area contributed by atoms with E-state index in [-0.39, 0.29) is 0 Å². The van der Waals surface area contributed by atoms with E-state index >= 15 is 0 Å². The Balaban J connectivity index is 1.12. The highest BCUT2D eigenvalue weighted by atomic mass is 15.0. The quantitative estimate of drug-likeness (QED) is 0.179. The number of fused-ring (bicyclic) bond motifs is 11. The fourth-order valence-electron chi connectivity index (χ4n) is 9.20. The Morgan fingerprint density at radius 3 is 1.69 bits per heavy atom. The predicted molar refractivity (Wildman–Crippen MR) is 220 cm³/mol. The maximum absolute atomic E-state index is 2.49. The van der Waals surface area contributed by atoms with Crippen LogP contribution in [0.5, 0.6) is 0 Å². The molecule has 0 atom stereocenters. The molecular formula is C50H30N2.